The van der Waals surface area contributed by atoms with E-state index in [4.69, 9.17) is 4.52 Å². The van der Waals surface area contributed by atoms with Crippen LogP contribution in [-0.4, -0.2) is 24.0 Å². The number of carbonyl (C=O) groups excluding carboxylic acids is 2. The van der Waals surface area contributed by atoms with Gasteiger partial charge in [0, 0.05) is 25.2 Å². The number of anilines is 2. The highest BCUT2D eigenvalue weighted by atomic mass is 16.5. The van der Waals surface area contributed by atoms with Gasteiger partial charge in [-0.25, -0.2) is 0 Å². The molecule has 0 saturated heterocycles. The Hall–Kier alpha value is -2.63. The first-order valence-corrected chi connectivity index (χ1v) is 6.66. The quantitative estimate of drug-likeness (QED) is 0.916. The summed E-state index contributed by atoms with van der Waals surface area (Å²) in [6.07, 6.45) is 0.149. The van der Waals surface area contributed by atoms with Crippen molar-refractivity contribution in [1.82, 2.24) is 5.16 Å². The van der Waals surface area contributed by atoms with Crippen LogP contribution in [0.1, 0.15) is 23.7 Å². The highest BCUT2D eigenvalue weighted by Gasteiger charge is 2.33. The maximum Gasteiger partial charge on any atom is 0.233 e. The molecule has 0 radical (unpaired) electrons. The highest BCUT2D eigenvalue weighted by Crippen LogP contribution is 2.35. The van der Waals surface area contributed by atoms with Crippen molar-refractivity contribution in [1.29, 1.82) is 0 Å². The first-order chi connectivity index (χ1) is 10.1. The van der Waals surface area contributed by atoms with Gasteiger partial charge in [-0.1, -0.05) is 23.4 Å². The van der Waals surface area contributed by atoms with Crippen LogP contribution in [0.25, 0.3) is 0 Å². The van der Waals surface area contributed by atoms with Crippen molar-refractivity contribution in [2.24, 2.45) is 0 Å². The number of carbonyl (C=O) groups is 2. The van der Waals surface area contributed by atoms with E-state index >= 15 is 0 Å². The first kappa shape index (κ1) is 13.4. The Morgan fingerprint density at radius 2 is 2.19 bits per heavy atom. The normalized spacial score (nSPS) is 17.5. The van der Waals surface area contributed by atoms with Gasteiger partial charge >= 0.3 is 0 Å². The van der Waals surface area contributed by atoms with Crippen molar-refractivity contribution in [3.8, 4) is 0 Å². The van der Waals surface area contributed by atoms with Crippen molar-refractivity contribution in [2.75, 3.05) is 17.3 Å². The van der Waals surface area contributed by atoms with E-state index in [9.17, 15) is 9.59 Å². The minimum atomic E-state index is -0.512. The lowest BCUT2D eigenvalue weighted by Crippen LogP contribution is -2.37. The Morgan fingerprint density at radius 3 is 2.90 bits per heavy atom. The van der Waals surface area contributed by atoms with E-state index in [1.807, 2.05) is 24.3 Å². The third-order valence-electron chi connectivity index (χ3n) is 3.62. The smallest absolute Gasteiger partial charge is 0.233 e. The van der Waals surface area contributed by atoms with E-state index in [-0.39, 0.29) is 18.2 Å². The summed E-state index contributed by atoms with van der Waals surface area (Å²) < 4.78 is 4.92. The molecule has 0 bridgehead atoms. The number of hydrogen-bond acceptors (Lipinski definition) is 4. The van der Waals surface area contributed by atoms with Crippen LogP contribution < -0.4 is 10.2 Å². The van der Waals surface area contributed by atoms with Gasteiger partial charge < -0.3 is 14.7 Å². The molecule has 2 aromatic rings. The molecule has 1 aromatic heterocycles. The van der Waals surface area contributed by atoms with Gasteiger partial charge in [0.25, 0.3) is 0 Å². The highest BCUT2D eigenvalue weighted by molar-refractivity contribution is 6.05. The summed E-state index contributed by atoms with van der Waals surface area (Å²) in [5.74, 6) is 0.135. The fraction of sp³-hybridized carbons (Fsp3) is 0.267. The van der Waals surface area contributed by atoms with Crippen molar-refractivity contribution >= 4 is 23.3 Å². The molecular formula is C15H15N3O3. The van der Waals surface area contributed by atoms with Crippen molar-refractivity contribution in [2.45, 2.75) is 19.3 Å². The second-order valence-electron chi connectivity index (χ2n) is 5.08. The van der Waals surface area contributed by atoms with E-state index in [0.717, 1.165) is 11.3 Å². The lowest BCUT2D eigenvalue weighted by atomic mass is 9.89. The van der Waals surface area contributed by atoms with Gasteiger partial charge in [0.05, 0.1) is 5.92 Å². The summed E-state index contributed by atoms with van der Waals surface area (Å²) in [5.41, 5.74) is 1.61. The van der Waals surface area contributed by atoms with Gasteiger partial charge in [-0.05, 0) is 18.6 Å². The lowest BCUT2D eigenvalue weighted by Gasteiger charge is -2.30. The molecule has 1 N–H and O–H groups in total. The molecule has 3 rings (SSSR count). The van der Waals surface area contributed by atoms with E-state index in [1.54, 1.807) is 24.9 Å². The first-order valence-electron chi connectivity index (χ1n) is 6.66. The van der Waals surface area contributed by atoms with Crippen molar-refractivity contribution in [3.63, 3.8) is 0 Å². The van der Waals surface area contributed by atoms with Gasteiger partial charge in [-0.3, -0.25) is 9.59 Å². The standard InChI is InChI=1S/C15H15N3O3/c1-9-7-13(17-21-9)16-15(20)11-8-14(19)18(2)12-6-4-3-5-10(11)12/h3-7,11H,8H2,1-2H3,(H,16,17,20). The summed E-state index contributed by atoms with van der Waals surface area (Å²) >= 11 is 0. The maximum absolute atomic E-state index is 12.4. The number of hydrogen-bond donors (Lipinski definition) is 1. The second-order valence-corrected chi connectivity index (χ2v) is 5.08. The van der Waals surface area contributed by atoms with Crippen LogP contribution in [0.3, 0.4) is 0 Å². The van der Waals surface area contributed by atoms with Gasteiger partial charge in [0.15, 0.2) is 5.82 Å². The van der Waals surface area contributed by atoms with Crippen LogP contribution in [0.4, 0.5) is 11.5 Å². The molecule has 1 aromatic carbocycles. The summed E-state index contributed by atoms with van der Waals surface area (Å²) in [4.78, 5) is 26.1. The molecule has 6 heteroatoms. The fourth-order valence-electron chi connectivity index (χ4n) is 2.52. The fourth-order valence-corrected chi connectivity index (χ4v) is 2.52. The molecule has 2 heterocycles. The van der Waals surface area contributed by atoms with E-state index in [1.165, 1.54) is 0 Å². The molecule has 1 aliphatic rings. The number of nitrogens with zero attached hydrogens (tertiary/aromatic N) is 2. The third-order valence-corrected chi connectivity index (χ3v) is 3.62. The summed E-state index contributed by atoms with van der Waals surface area (Å²) in [5, 5.41) is 6.43. The van der Waals surface area contributed by atoms with Crippen molar-refractivity contribution < 1.29 is 14.1 Å². The molecule has 1 atom stereocenters. The molecule has 6 nitrogen and oxygen atoms in total. The monoisotopic (exact) mass is 285 g/mol. The predicted molar refractivity (Wildman–Crippen MR) is 77.1 cm³/mol. The molecule has 0 aliphatic carbocycles. The molecule has 108 valence electrons. The van der Waals surface area contributed by atoms with Gasteiger partial charge in [-0.15, -0.1) is 0 Å². The largest absolute Gasteiger partial charge is 0.360 e. The Bertz CT molecular complexity index is 708. The van der Waals surface area contributed by atoms with Crippen LogP contribution in [0.15, 0.2) is 34.9 Å². The number of para-hydroxylation sites is 1. The van der Waals surface area contributed by atoms with Crippen molar-refractivity contribution in [3.05, 3.63) is 41.7 Å². The van der Waals surface area contributed by atoms with Crippen LogP contribution in [-0.2, 0) is 9.59 Å². The zero-order chi connectivity index (χ0) is 15.0. The average Bonchev–Trinajstić information content (AvgIpc) is 2.88. The second kappa shape index (κ2) is 5.05. The number of nitrogens with one attached hydrogen (secondary N) is 1. The number of amides is 2. The van der Waals surface area contributed by atoms with Crippen LogP contribution in [0, 0.1) is 6.92 Å². The molecule has 2 amide bonds. The molecular weight excluding hydrogens is 270 g/mol. The molecule has 0 saturated carbocycles. The summed E-state index contributed by atoms with van der Waals surface area (Å²) in [6.45, 7) is 1.75. The molecule has 0 spiro atoms. The SMILES string of the molecule is Cc1cc(NC(=O)C2CC(=O)N(C)c3ccccc32)no1. The Morgan fingerprint density at radius 1 is 1.43 bits per heavy atom. The number of benzene rings is 1. The molecule has 21 heavy (non-hydrogen) atoms. The molecule has 1 unspecified atom stereocenters. The van der Waals surface area contributed by atoms with Crippen LogP contribution in [0.5, 0.6) is 0 Å². The maximum atomic E-state index is 12.4. The minimum Gasteiger partial charge on any atom is -0.360 e. The van der Waals surface area contributed by atoms with Crippen LogP contribution in [0.2, 0.25) is 0 Å². The number of aromatic nitrogens is 1. The third kappa shape index (κ3) is 2.40. The average molecular weight is 285 g/mol. The number of rotatable bonds is 2. The number of fused-ring (bicyclic) bond motifs is 1. The predicted octanol–water partition coefficient (Wildman–Crippen LogP) is 2.07. The summed E-state index contributed by atoms with van der Waals surface area (Å²) in [7, 11) is 1.72. The van der Waals surface area contributed by atoms with E-state index in [2.05, 4.69) is 10.5 Å². The van der Waals surface area contributed by atoms with Gasteiger partial charge in [0.2, 0.25) is 11.8 Å². The lowest BCUT2D eigenvalue weighted by molar-refractivity contribution is -0.124. The Kier molecular flexibility index (Phi) is 3.21. The zero-order valence-corrected chi connectivity index (χ0v) is 11.8. The van der Waals surface area contributed by atoms with E-state index in [0.29, 0.717) is 11.6 Å². The Labute approximate surface area is 121 Å². The topological polar surface area (TPSA) is 75.4 Å². The van der Waals surface area contributed by atoms with E-state index < -0.39 is 5.92 Å². The van der Waals surface area contributed by atoms with Gasteiger partial charge in [0.1, 0.15) is 5.76 Å². The molecule has 1 aliphatic heterocycles. The molecule has 0 fully saturated rings. The Balaban J connectivity index is 1.89. The van der Waals surface area contributed by atoms with Crippen LogP contribution >= 0.6 is 0 Å². The summed E-state index contributed by atoms with van der Waals surface area (Å²) in [6, 6.07) is 9.07. The minimum absolute atomic E-state index is 0.0785. The van der Waals surface area contributed by atoms with Gasteiger partial charge in [-0.2, -0.15) is 0 Å². The zero-order valence-electron chi connectivity index (χ0n) is 11.8. The number of aryl methyl sites for hydroxylation is 1.